The number of benzene rings is 1. The number of methoxy groups -OCH3 is 1. The van der Waals surface area contributed by atoms with Gasteiger partial charge in [-0.2, -0.15) is 0 Å². The quantitative estimate of drug-likeness (QED) is 0.619. The first kappa shape index (κ1) is 20.8. The molecule has 2 aromatic heterocycles. The highest BCUT2D eigenvalue weighted by Crippen LogP contribution is 2.27. The van der Waals surface area contributed by atoms with Gasteiger partial charge in [0.15, 0.2) is 5.82 Å². The Hall–Kier alpha value is -3.49. The molecule has 0 aliphatic carbocycles. The van der Waals surface area contributed by atoms with E-state index >= 15 is 0 Å². The van der Waals surface area contributed by atoms with Crippen molar-refractivity contribution in [2.24, 2.45) is 0 Å². The first-order valence-electron chi connectivity index (χ1n) is 10.2. The van der Waals surface area contributed by atoms with Crippen LogP contribution in [0.4, 0.5) is 10.1 Å². The number of hydrogen-bond acceptors (Lipinski definition) is 5. The number of carbonyl (C=O) groups excluding carboxylic acids is 2. The maximum atomic E-state index is 14.5. The lowest BCUT2D eigenvalue weighted by Gasteiger charge is -2.10. The number of aryl methyl sites for hydroxylation is 2. The van der Waals surface area contributed by atoms with E-state index in [9.17, 15) is 14.0 Å². The number of halogens is 1. The first-order chi connectivity index (χ1) is 14.9. The smallest absolute Gasteiger partial charge is 0.339 e. The number of carbonyl (C=O) groups is 2. The highest BCUT2D eigenvalue weighted by molar-refractivity contribution is 6.07. The van der Waals surface area contributed by atoms with Crippen molar-refractivity contribution in [3.8, 4) is 11.4 Å². The van der Waals surface area contributed by atoms with Crippen LogP contribution in [0.2, 0.25) is 0 Å². The van der Waals surface area contributed by atoms with E-state index in [0.29, 0.717) is 28.2 Å². The standard InChI is InChI=1S/C22H24FN5O3/c1-12-18(22(30)31-3)13(2)24-19(12)21(29)25-16-11-14(8-9-15(16)23)20-27-26-17-7-5-4-6-10-28(17)20/h8-9,11,24H,4-7,10H2,1-3H3,(H,25,29). The molecule has 31 heavy (non-hydrogen) atoms. The Kier molecular flexibility index (Phi) is 5.58. The van der Waals surface area contributed by atoms with Crippen LogP contribution < -0.4 is 5.32 Å². The molecular formula is C22H24FN5O3. The molecule has 4 rings (SSSR count). The molecule has 0 radical (unpaired) electrons. The number of aromatic amines is 1. The average Bonchev–Trinajstić information content (AvgIpc) is 3.19. The summed E-state index contributed by atoms with van der Waals surface area (Å²) in [7, 11) is 1.28. The minimum Gasteiger partial charge on any atom is -0.465 e. The molecule has 1 amide bonds. The SMILES string of the molecule is COC(=O)c1c(C)[nH]c(C(=O)Nc2cc(-c3nnc4n3CCCCC4)ccc2F)c1C. The van der Waals surface area contributed by atoms with Crippen molar-refractivity contribution in [3.63, 3.8) is 0 Å². The van der Waals surface area contributed by atoms with E-state index in [-0.39, 0.29) is 11.4 Å². The number of H-pyrrole nitrogens is 1. The predicted octanol–water partition coefficient (Wildman–Crippen LogP) is 3.79. The fourth-order valence-electron chi connectivity index (χ4n) is 4.03. The van der Waals surface area contributed by atoms with Crippen molar-refractivity contribution in [2.45, 2.75) is 46.1 Å². The zero-order valence-corrected chi connectivity index (χ0v) is 17.7. The number of ether oxygens (including phenoxy) is 1. The van der Waals surface area contributed by atoms with Crippen LogP contribution in [0, 0.1) is 19.7 Å². The van der Waals surface area contributed by atoms with Gasteiger partial charge in [-0.3, -0.25) is 4.79 Å². The number of hydrogen-bond donors (Lipinski definition) is 2. The van der Waals surface area contributed by atoms with Gasteiger partial charge >= 0.3 is 5.97 Å². The second-order valence-corrected chi connectivity index (χ2v) is 7.67. The molecule has 162 valence electrons. The Morgan fingerprint density at radius 2 is 2.00 bits per heavy atom. The number of anilines is 1. The highest BCUT2D eigenvalue weighted by atomic mass is 19.1. The maximum absolute atomic E-state index is 14.5. The van der Waals surface area contributed by atoms with Gasteiger partial charge in [0.05, 0.1) is 18.4 Å². The third kappa shape index (κ3) is 3.83. The number of amides is 1. The minimum atomic E-state index is -0.568. The average molecular weight is 425 g/mol. The van der Waals surface area contributed by atoms with Gasteiger partial charge in [0, 0.05) is 24.2 Å². The number of nitrogens with one attached hydrogen (secondary N) is 2. The Morgan fingerprint density at radius 3 is 2.77 bits per heavy atom. The molecule has 3 heterocycles. The van der Waals surface area contributed by atoms with E-state index in [4.69, 9.17) is 4.74 Å². The predicted molar refractivity (Wildman–Crippen MR) is 113 cm³/mol. The second-order valence-electron chi connectivity index (χ2n) is 7.67. The zero-order chi connectivity index (χ0) is 22.1. The Morgan fingerprint density at radius 1 is 1.19 bits per heavy atom. The van der Waals surface area contributed by atoms with E-state index in [2.05, 4.69) is 25.1 Å². The van der Waals surface area contributed by atoms with Gasteiger partial charge < -0.3 is 19.6 Å². The molecule has 1 aromatic carbocycles. The van der Waals surface area contributed by atoms with Gasteiger partial charge in [0.2, 0.25) is 0 Å². The Labute approximate surface area is 178 Å². The van der Waals surface area contributed by atoms with Crippen molar-refractivity contribution < 1.29 is 18.7 Å². The lowest BCUT2D eigenvalue weighted by Crippen LogP contribution is -2.15. The van der Waals surface area contributed by atoms with Crippen LogP contribution in [0.15, 0.2) is 18.2 Å². The molecule has 0 bridgehead atoms. The van der Waals surface area contributed by atoms with Crippen LogP contribution in [0.3, 0.4) is 0 Å². The van der Waals surface area contributed by atoms with Gasteiger partial charge in [-0.05, 0) is 50.5 Å². The van der Waals surface area contributed by atoms with Crippen LogP contribution in [-0.2, 0) is 17.7 Å². The molecule has 0 spiro atoms. The lowest BCUT2D eigenvalue weighted by atomic mass is 10.1. The molecular weight excluding hydrogens is 401 g/mol. The normalized spacial score (nSPS) is 13.4. The summed E-state index contributed by atoms with van der Waals surface area (Å²) in [6.45, 7) is 4.13. The van der Waals surface area contributed by atoms with Crippen molar-refractivity contribution >= 4 is 17.6 Å². The van der Waals surface area contributed by atoms with Crippen LogP contribution >= 0.6 is 0 Å². The van der Waals surface area contributed by atoms with Crippen LogP contribution in [0.25, 0.3) is 11.4 Å². The van der Waals surface area contributed by atoms with Crippen LogP contribution in [0.1, 0.15) is 57.2 Å². The molecule has 1 aliphatic heterocycles. The summed E-state index contributed by atoms with van der Waals surface area (Å²) in [6, 6.07) is 4.49. The van der Waals surface area contributed by atoms with Crippen molar-refractivity contribution in [2.75, 3.05) is 12.4 Å². The molecule has 0 saturated heterocycles. The number of esters is 1. The molecule has 8 nitrogen and oxygen atoms in total. The first-order valence-corrected chi connectivity index (χ1v) is 10.2. The van der Waals surface area contributed by atoms with E-state index < -0.39 is 17.7 Å². The van der Waals surface area contributed by atoms with E-state index in [1.807, 2.05) is 0 Å². The third-order valence-corrected chi connectivity index (χ3v) is 5.64. The summed E-state index contributed by atoms with van der Waals surface area (Å²) in [5, 5.41) is 11.2. The maximum Gasteiger partial charge on any atom is 0.339 e. The molecule has 2 N–H and O–H groups in total. The molecule has 0 fully saturated rings. The molecule has 1 aliphatic rings. The van der Waals surface area contributed by atoms with Gasteiger partial charge in [-0.15, -0.1) is 10.2 Å². The number of fused-ring (bicyclic) bond motifs is 1. The summed E-state index contributed by atoms with van der Waals surface area (Å²) >= 11 is 0. The van der Waals surface area contributed by atoms with E-state index in [1.165, 1.54) is 13.2 Å². The van der Waals surface area contributed by atoms with Crippen LogP contribution in [-0.4, -0.2) is 38.7 Å². The lowest BCUT2D eigenvalue weighted by molar-refractivity contribution is 0.0599. The molecule has 0 atom stereocenters. The van der Waals surface area contributed by atoms with Crippen molar-refractivity contribution in [1.29, 1.82) is 0 Å². The van der Waals surface area contributed by atoms with Gasteiger partial charge in [-0.1, -0.05) is 6.42 Å². The van der Waals surface area contributed by atoms with Crippen molar-refractivity contribution in [1.82, 2.24) is 19.7 Å². The Bertz CT molecular complexity index is 1160. The van der Waals surface area contributed by atoms with E-state index in [0.717, 1.165) is 38.1 Å². The Balaban J connectivity index is 1.64. The van der Waals surface area contributed by atoms with E-state index in [1.54, 1.807) is 26.0 Å². The molecule has 0 unspecified atom stereocenters. The third-order valence-electron chi connectivity index (χ3n) is 5.64. The monoisotopic (exact) mass is 425 g/mol. The fourth-order valence-corrected chi connectivity index (χ4v) is 4.03. The van der Waals surface area contributed by atoms with Gasteiger partial charge in [0.1, 0.15) is 17.3 Å². The largest absolute Gasteiger partial charge is 0.465 e. The van der Waals surface area contributed by atoms with Crippen LogP contribution in [0.5, 0.6) is 0 Å². The van der Waals surface area contributed by atoms with Crippen molar-refractivity contribution in [3.05, 3.63) is 52.4 Å². The number of rotatable bonds is 4. The summed E-state index contributed by atoms with van der Waals surface area (Å²) in [5.74, 6) is -0.0674. The van der Waals surface area contributed by atoms with Gasteiger partial charge in [-0.25, -0.2) is 9.18 Å². The minimum absolute atomic E-state index is 0.0275. The summed E-state index contributed by atoms with van der Waals surface area (Å²) in [4.78, 5) is 27.7. The second kappa shape index (κ2) is 8.33. The molecule has 0 saturated carbocycles. The summed E-state index contributed by atoms with van der Waals surface area (Å²) in [6.07, 6.45) is 4.11. The summed E-state index contributed by atoms with van der Waals surface area (Å²) in [5.41, 5.74) is 2.13. The highest BCUT2D eigenvalue weighted by Gasteiger charge is 2.23. The van der Waals surface area contributed by atoms with Gasteiger partial charge in [0.25, 0.3) is 5.91 Å². The number of aromatic nitrogens is 4. The topological polar surface area (TPSA) is 102 Å². The molecule has 9 heteroatoms. The zero-order valence-electron chi connectivity index (χ0n) is 17.7. The summed E-state index contributed by atoms with van der Waals surface area (Å²) < 4.78 is 21.4. The number of nitrogens with zero attached hydrogens (tertiary/aromatic N) is 3. The molecule has 3 aromatic rings. The fraction of sp³-hybridized carbons (Fsp3) is 0.364.